The van der Waals surface area contributed by atoms with E-state index in [0.29, 0.717) is 18.7 Å². The molecule has 0 bridgehead atoms. The molecule has 0 fully saturated rings. The van der Waals surface area contributed by atoms with Gasteiger partial charge in [0.15, 0.2) is 0 Å². The molecule has 128 valence electrons. The van der Waals surface area contributed by atoms with E-state index in [1.807, 2.05) is 67.7 Å². The lowest BCUT2D eigenvalue weighted by molar-refractivity contribution is 0.0785. The largest absolute Gasteiger partial charge is 0.494 e. The van der Waals surface area contributed by atoms with E-state index in [4.69, 9.17) is 4.74 Å². The maximum atomic E-state index is 12.6. The summed E-state index contributed by atoms with van der Waals surface area (Å²) in [5.41, 5.74) is 2.65. The van der Waals surface area contributed by atoms with Crippen molar-refractivity contribution in [3.63, 3.8) is 0 Å². The molecule has 1 amide bonds. The molecular formula is C20H21N3O2. The highest BCUT2D eigenvalue weighted by Crippen LogP contribution is 2.15. The van der Waals surface area contributed by atoms with Crippen LogP contribution in [0.2, 0.25) is 0 Å². The van der Waals surface area contributed by atoms with Gasteiger partial charge in [-0.05, 0) is 55.0 Å². The minimum Gasteiger partial charge on any atom is -0.494 e. The third-order valence-corrected chi connectivity index (χ3v) is 3.88. The van der Waals surface area contributed by atoms with Crippen molar-refractivity contribution >= 4 is 5.91 Å². The Balaban J connectivity index is 1.65. The van der Waals surface area contributed by atoms with Crippen LogP contribution in [0.25, 0.3) is 5.69 Å². The van der Waals surface area contributed by atoms with Crippen LogP contribution in [-0.4, -0.2) is 34.2 Å². The Hall–Kier alpha value is -3.08. The van der Waals surface area contributed by atoms with Gasteiger partial charge in [0.1, 0.15) is 5.75 Å². The van der Waals surface area contributed by atoms with Crippen LogP contribution in [-0.2, 0) is 6.54 Å². The van der Waals surface area contributed by atoms with Crippen molar-refractivity contribution in [2.24, 2.45) is 0 Å². The summed E-state index contributed by atoms with van der Waals surface area (Å²) in [7, 11) is 1.81. The van der Waals surface area contributed by atoms with Crippen LogP contribution in [0.5, 0.6) is 5.75 Å². The zero-order valence-corrected chi connectivity index (χ0v) is 14.4. The highest BCUT2D eigenvalue weighted by molar-refractivity contribution is 5.94. The first-order chi connectivity index (χ1) is 12.2. The SMILES string of the molecule is CCOc1ccc(CN(C)C(=O)c2ccc(-n3cccn3)cc2)cc1. The van der Waals surface area contributed by atoms with Gasteiger partial charge in [0.25, 0.3) is 5.91 Å². The number of carbonyl (C=O) groups excluding carboxylic acids is 1. The Morgan fingerprint density at radius 1 is 1.12 bits per heavy atom. The predicted molar refractivity (Wildman–Crippen MR) is 97.0 cm³/mol. The van der Waals surface area contributed by atoms with E-state index in [0.717, 1.165) is 17.0 Å². The van der Waals surface area contributed by atoms with Gasteiger partial charge in [-0.15, -0.1) is 0 Å². The average molecular weight is 335 g/mol. The number of hydrogen-bond acceptors (Lipinski definition) is 3. The van der Waals surface area contributed by atoms with Crippen molar-refractivity contribution in [2.75, 3.05) is 13.7 Å². The summed E-state index contributed by atoms with van der Waals surface area (Å²) in [6.07, 6.45) is 3.60. The molecule has 3 rings (SSSR count). The van der Waals surface area contributed by atoms with Crippen molar-refractivity contribution in [3.8, 4) is 11.4 Å². The second-order valence-corrected chi connectivity index (χ2v) is 5.74. The van der Waals surface area contributed by atoms with Crippen molar-refractivity contribution in [3.05, 3.63) is 78.1 Å². The molecule has 0 unspecified atom stereocenters. The summed E-state index contributed by atoms with van der Waals surface area (Å²) in [6.45, 7) is 3.15. The Bertz CT molecular complexity index is 809. The monoisotopic (exact) mass is 335 g/mol. The molecular weight excluding hydrogens is 314 g/mol. The number of nitrogens with zero attached hydrogens (tertiary/aromatic N) is 3. The maximum Gasteiger partial charge on any atom is 0.253 e. The Morgan fingerprint density at radius 3 is 2.44 bits per heavy atom. The number of carbonyl (C=O) groups is 1. The lowest BCUT2D eigenvalue weighted by Gasteiger charge is -2.18. The van der Waals surface area contributed by atoms with Crippen LogP contribution in [0.15, 0.2) is 67.0 Å². The van der Waals surface area contributed by atoms with Gasteiger partial charge >= 0.3 is 0 Å². The molecule has 0 N–H and O–H groups in total. The Kier molecular flexibility index (Phi) is 5.14. The van der Waals surface area contributed by atoms with Gasteiger partial charge in [0.05, 0.1) is 12.3 Å². The van der Waals surface area contributed by atoms with E-state index >= 15 is 0 Å². The van der Waals surface area contributed by atoms with Crippen LogP contribution >= 0.6 is 0 Å². The molecule has 2 aromatic carbocycles. The zero-order chi connectivity index (χ0) is 17.6. The number of amides is 1. The number of ether oxygens (including phenoxy) is 1. The molecule has 3 aromatic rings. The van der Waals surface area contributed by atoms with Crippen LogP contribution in [0.3, 0.4) is 0 Å². The molecule has 0 aliphatic heterocycles. The van der Waals surface area contributed by atoms with Gasteiger partial charge in [0.2, 0.25) is 0 Å². The quantitative estimate of drug-likeness (QED) is 0.692. The molecule has 0 spiro atoms. The molecule has 1 heterocycles. The van der Waals surface area contributed by atoms with Crippen molar-refractivity contribution in [2.45, 2.75) is 13.5 Å². The van der Waals surface area contributed by atoms with E-state index in [9.17, 15) is 4.79 Å². The lowest BCUT2D eigenvalue weighted by atomic mass is 10.1. The first kappa shape index (κ1) is 16.8. The molecule has 1 aromatic heterocycles. The lowest BCUT2D eigenvalue weighted by Crippen LogP contribution is -2.26. The number of rotatable bonds is 6. The van der Waals surface area contributed by atoms with Crippen LogP contribution in [0, 0.1) is 0 Å². The smallest absolute Gasteiger partial charge is 0.253 e. The standard InChI is InChI=1S/C20H21N3O2/c1-3-25-19-11-5-16(6-12-19)15-22(2)20(24)17-7-9-18(10-8-17)23-14-4-13-21-23/h4-14H,3,15H2,1-2H3. The van der Waals surface area contributed by atoms with E-state index in [1.54, 1.807) is 22.8 Å². The normalized spacial score (nSPS) is 10.5. The third kappa shape index (κ3) is 4.07. The second kappa shape index (κ2) is 7.66. The highest BCUT2D eigenvalue weighted by atomic mass is 16.5. The van der Waals surface area contributed by atoms with E-state index in [1.165, 1.54) is 0 Å². The summed E-state index contributed by atoms with van der Waals surface area (Å²) in [5, 5.41) is 4.18. The first-order valence-corrected chi connectivity index (χ1v) is 8.24. The van der Waals surface area contributed by atoms with Gasteiger partial charge < -0.3 is 9.64 Å². The van der Waals surface area contributed by atoms with E-state index < -0.39 is 0 Å². The molecule has 0 saturated heterocycles. The topological polar surface area (TPSA) is 47.4 Å². The maximum absolute atomic E-state index is 12.6. The Labute approximate surface area is 147 Å². The Morgan fingerprint density at radius 2 is 1.84 bits per heavy atom. The molecule has 0 aliphatic carbocycles. The van der Waals surface area contributed by atoms with Crippen LogP contribution < -0.4 is 4.74 Å². The van der Waals surface area contributed by atoms with E-state index in [-0.39, 0.29) is 5.91 Å². The number of benzene rings is 2. The number of hydrogen-bond donors (Lipinski definition) is 0. The van der Waals surface area contributed by atoms with Crippen molar-refractivity contribution in [1.82, 2.24) is 14.7 Å². The highest BCUT2D eigenvalue weighted by Gasteiger charge is 2.12. The number of aromatic nitrogens is 2. The molecule has 0 atom stereocenters. The zero-order valence-electron chi connectivity index (χ0n) is 14.4. The predicted octanol–water partition coefficient (Wildman–Crippen LogP) is 3.54. The van der Waals surface area contributed by atoms with Crippen molar-refractivity contribution < 1.29 is 9.53 Å². The van der Waals surface area contributed by atoms with Crippen LogP contribution in [0.1, 0.15) is 22.8 Å². The molecule has 5 heteroatoms. The van der Waals surface area contributed by atoms with Crippen molar-refractivity contribution in [1.29, 1.82) is 0 Å². The average Bonchev–Trinajstić information content (AvgIpc) is 3.18. The van der Waals surface area contributed by atoms with Gasteiger partial charge in [-0.1, -0.05) is 12.1 Å². The molecule has 0 aliphatic rings. The third-order valence-electron chi connectivity index (χ3n) is 3.88. The molecule has 0 radical (unpaired) electrons. The molecule has 0 saturated carbocycles. The molecule has 5 nitrogen and oxygen atoms in total. The summed E-state index contributed by atoms with van der Waals surface area (Å²) >= 11 is 0. The van der Waals surface area contributed by atoms with Gasteiger partial charge in [-0.3, -0.25) is 4.79 Å². The van der Waals surface area contributed by atoms with Crippen LogP contribution in [0.4, 0.5) is 0 Å². The van der Waals surface area contributed by atoms with Gasteiger partial charge in [-0.25, -0.2) is 4.68 Å². The fourth-order valence-corrected chi connectivity index (χ4v) is 2.60. The summed E-state index contributed by atoms with van der Waals surface area (Å²) in [4.78, 5) is 14.3. The summed E-state index contributed by atoms with van der Waals surface area (Å²) in [6, 6.07) is 17.1. The fourth-order valence-electron chi connectivity index (χ4n) is 2.60. The minimum atomic E-state index is -0.0131. The van der Waals surface area contributed by atoms with Gasteiger partial charge in [-0.2, -0.15) is 5.10 Å². The summed E-state index contributed by atoms with van der Waals surface area (Å²) in [5.74, 6) is 0.829. The summed E-state index contributed by atoms with van der Waals surface area (Å²) < 4.78 is 7.20. The van der Waals surface area contributed by atoms with Gasteiger partial charge in [0, 0.05) is 31.5 Å². The second-order valence-electron chi connectivity index (χ2n) is 5.74. The molecule has 25 heavy (non-hydrogen) atoms. The van der Waals surface area contributed by atoms with E-state index in [2.05, 4.69) is 5.10 Å². The minimum absolute atomic E-state index is 0.0131. The first-order valence-electron chi connectivity index (χ1n) is 8.24. The fraction of sp³-hybridized carbons (Fsp3) is 0.200.